The van der Waals surface area contributed by atoms with E-state index in [1.165, 1.54) is 0 Å². The molecule has 0 aliphatic carbocycles. The number of fused-ring (bicyclic) bond motifs is 7. The lowest BCUT2D eigenvalue weighted by Gasteiger charge is -2.23. The molecule has 204 valence electrons. The van der Waals surface area contributed by atoms with E-state index in [1.54, 1.807) is 23.0 Å². The van der Waals surface area contributed by atoms with Gasteiger partial charge in [-0.2, -0.15) is 5.10 Å². The predicted octanol–water partition coefficient (Wildman–Crippen LogP) is 5.37. The van der Waals surface area contributed by atoms with Crippen molar-refractivity contribution < 1.29 is 14.1 Å². The Morgan fingerprint density at radius 3 is 2.72 bits per heavy atom. The minimum absolute atomic E-state index is 0.257. The molecule has 1 unspecified atom stereocenters. The second-order valence-corrected chi connectivity index (χ2v) is 14.2. The first kappa shape index (κ1) is 25.8. The molecule has 1 atom stereocenters. The molecular weight excluding hydrogens is 511 g/mol. The van der Waals surface area contributed by atoms with E-state index in [0.717, 1.165) is 72.0 Å². The monoisotopic (exact) mass is 546 g/mol. The topological polar surface area (TPSA) is 104 Å². The zero-order valence-electron chi connectivity index (χ0n) is 22.8. The number of rotatable bonds is 1. The number of nitrogens with zero attached hydrogens (tertiary/aromatic N) is 5. The largest absolute Gasteiger partial charge is 0.477 e. The number of aromatic nitrogens is 5. The number of ether oxygens (including phenoxy) is 1. The first-order valence-electron chi connectivity index (χ1n) is 13.8. The quantitative estimate of drug-likeness (QED) is 0.322. The van der Waals surface area contributed by atoms with Crippen LogP contribution in [0, 0.1) is 12.8 Å². The van der Waals surface area contributed by atoms with E-state index >= 15 is 0 Å². The highest BCUT2D eigenvalue weighted by atomic mass is 31.2. The zero-order valence-corrected chi connectivity index (χ0v) is 23.7. The van der Waals surface area contributed by atoms with Gasteiger partial charge in [0.1, 0.15) is 7.14 Å². The van der Waals surface area contributed by atoms with Gasteiger partial charge in [0, 0.05) is 42.5 Å². The molecule has 1 N–H and O–H groups in total. The Morgan fingerprint density at radius 2 is 1.90 bits per heavy atom. The number of hydrogen-bond donors (Lipinski definition) is 1. The summed E-state index contributed by atoms with van der Waals surface area (Å²) >= 11 is 0. The molecule has 10 heteroatoms. The molecule has 0 radical (unpaired) electrons. The van der Waals surface area contributed by atoms with Gasteiger partial charge in [-0.25, -0.2) is 9.67 Å². The molecule has 1 amide bonds. The summed E-state index contributed by atoms with van der Waals surface area (Å²) in [7, 11) is -0.556. The van der Waals surface area contributed by atoms with Crippen LogP contribution in [0.3, 0.4) is 0 Å². The molecule has 4 aromatic rings. The van der Waals surface area contributed by atoms with Gasteiger partial charge in [-0.05, 0) is 68.9 Å². The molecule has 0 spiro atoms. The van der Waals surface area contributed by atoms with Crippen LogP contribution < -0.4 is 15.4 Å². The van der Waals surface area contributed by atoms with Crippen molar-refractivity contribution in [3.8, 4) is 17.1 Å². The lowest BCUT2D eigenvalue weighted by molar-refractivity contribution is 0.102. The van der Waals surface area contributed by atoms with Crippen LogP contribution in [0.2, 0.25) is 0 Å². The molecule has 6 rings (SSSR count). The number of aryl methyl sites for hydroxylation is 2. The first-order chi connectivity index (χ1) is 18.8. The van der Waals surface area contributed by atoms with Crippen LogP contribution in [-0.4, -0.2) is 49.2 Å². The van der Waals surface area contributed by atoms with Gasteiger partial charge in [0.25, 0.3) is 5.91 Å². The van der Waals surface area contributed by atoms with Gasteiger partial charge in [0.15, 0.2) is 0 Å². The van der Waals surface area contributed by atoms with Gasteiger partial charge in [-0.15, -0.1) is 0 Å². The number of nitrogens with one attached hydrogen (secondary N) is 1. The summed E-state index contributed by atoms with van der Waals surface area (Å²) in [4.78, 5) is 23.1. The number of carbonyl (C=O) groups is 1. The average molecular weight is 547 g/mol. The van der Waals surface area contributed by atoms with E-state index in [1.807, 2.05) is 26.1 Å². The van der Waals surface area contributed by atoms with Crippen LogP contribution in [0.1, 0.15) is 55.1 Å². The van der Waals surface area contributed by atoms with E-state index < -0.39 is 7.14 Å². The SMILES string of the molecule is Cc1cc2cc(n1)-c1cnn(C)c1OCCCC(C)Cn1c(nc3ccc(P4(=O)CCCCC4)cc31)NC2=O. The zero-order chi connectivity index (χ0) is 27.1. The highest BCUT2D eigenvalue weighted by molar-refractivity contribution is 7.71. The average Bonchev–Trinajstić information content (AvgIpc) is 3.45. The molecular formula is C29H35N6O3P. The van der Waals surface area contributed by atoms with E-state index in [2.05, 4.69) is 33.0 Å². The van der Waals surface area contributed by atoms with Crippen LogP contribution >= 0.6 is 7.14 Å². The van der Waals surface area contributed by atoms with Crippen molar-refractivity contribution in [2.45, 2.75) is 52.5 Å². The summed E-state index contributed by atoms with van der Waals surface area (Å²) in [6, 6.07) is 9.55. The number of imidazole rings is 1. The molecule has 9 nitrogen and oxygen atoms in total. The normalized spacial score (nSPS) is 19.8. The van der Waals surface area contributed by atoms with Crippen LogP contribution in [0.25, 0.3) is 22.3 Å². The van der Waals surface area contributed by atoms with E-state index in [0.29, 0.717) is 42.2 Å². The van der Waals surface area contributed by atoms with Crippen molar-refractivity contribution in [2.75, 3.05) is 24.2 Å². The standard InChI is InChI=1S/C29H35N6O3P/c1-19-8-7-11-38-28-23(17-30-34(28)3)25-15-21(14-20(2)31-25)27(36)33-29-32-24-10-9-22(16-26(24)35(29)18-19)39(37)12-5-4-6-13-39/h9-10,14-17,19H,4-8,11-13,18H2,1-3H3,(H,32,33,36). The second kappa shape index (κ2) is 10.3. The maximum Gasteiger partial charge on any atom is 0.258 e. The van der Waals surface area contributed by atoms with Gasteiger partial charge < -0.3 is 13.9 Å². The smallest absolute Gasteiger partial charge is 0.258 e. The van der Waals surface area contributed by atoms with E-state index in [4.69, 9.17) is 9.72 Å². The fourth-order valence-corrected chi connectivity index (χ4v) is 8.73. The molecule has 1 aromatic carbocycles. The Bertz CT molecular complexity index is 1600. The van der Waals surface area contributed by atoms with Gasteiger partial charge in [0.05, 0.1) is 35.1 Å². The van der Waals surface area contributed by atoms with Crippen molar-refractivity contribution in [1.82, 2.24) is 24.3 Å². The van der Waals surface area contributed by atoms with Crippen molar-refractivity contribution in [2.24, 2.45) is 13.0 Å². The third kappa shape index (κ3) is 5.00. The summed E-state index contributed by atoms with van der Waals surface area (Å²) in [6.07, 6.45) is 8.26. The minimum Gasteiger partial charge on any atom is -0.477 e. The van der Waals surface area contributed by atoms with Crippen molar-refractivity contribution in [3.63, 3.8) is 0 Å². The summed E-state index contributed by atoms with van der Waals surface area (Å²) in [5.41, 5.74) is 4.32. The number of hydrogen-bond acceptors (Lipinski definition) is 6. The van der Waals surface area contributed by atoms with E-state index in [-0.39, 0.29) is 5.91 Å². The fourth-order valence-electron chi connectivity index (χ4n) is 5.81. The lowest BCUT2D eigenvalue weighted by atomic mass is 10.1. The molecule has 2 bridgehead atoms. The van der Waals surface area contributed by atoms with Crippen LogP contribution in [0.5, 0.6) is 5.88 Å². The highest BCUT2D eigenvalue weighted by Gasteiger charge is 2.28. The predicted molar refractivity (Wildman–Crippen MR) is 154 cm³/mol. The number of anilines is 1. The minimum atomic E-state index is -2.40. The third-order valence-electron chi connectivity index (χ3n) is 7.92. The summed E-state index contributed by atoms with van der Waals surface area (Å²) in [6.45, 7) is 5.31. The number of amides is 1. The van der Waals surface area contributed by atoms with Crippen LogP contribution in [0.4, 0.5) is 5.95 Å². The lowest BCUT2D eigenvalue weighted by Crippen LogP contribution is -2.19. The molecule has 2 aliphatic rings. The highest BCUT2D eigenvalue weighted by Crippen LogP contribution is 2.49. The molecule has 2 aliphatic heterocycles. The van der Waals surface area contributed by atoms with E-state index in [9.17, 15) is 9.36 Å². The Balaban J connectivity index is 1.44. The molecule has 1 saturated heterocycles. The second-order valence-electron chi connectivity index (χ2n) is 11.0. The Kier molecular flexibility index (Phi) is 6.79. The fraction of sp³-hybridized carbons (Fsp3) is 0.448. The van der Waals surface area contributed by atoms with Crippen molar-refractivity contribution in [3.05, 3.63) is 47.8 Å². The van der Waals surface area contributed by atoms with Crippen molar-refractivity contribution >= 4 is 35.3 Å². The number of benzene rings is 1. The molecule has 5 heterocycles. The summed E-state index contributed by atoms with van der Waals surface area (Å²) < 4.78 is 23.8. The van der Waals surface area contributed by atoms with Gasteiger partial charge in [0.2, 0.25) is 11.8 Å². The maximum absolute atomic E-state index is 13.8. The maximum atomic E-state index is 13.8. The number of pyridine rings is 1. The van der Waals surface area contributed by atoms with Crippen molar-refractivity contribution in [1.29, 1.82) is 0 Å². The Labute approximate surface area is 228 Å². The first-order valence-corrected chi connectivity index (χ1v) is 15.9. The van der Waals surface area contributed by atoms with Gasteiger partial charge in [-0.1, -0.05) is 13.3 Å². The van der Waals surface area contributed by atoms with Gasteiger partial charge >= 0.3 is 0 Å². The number of carbonyl (C=O) groups excluding carboxylic acids is 1. The molecule has 1 fully saturated rings. The van der Waals surface area contributed by atoms with Crippen LogP contribution in [0.15, 0.2) is 36.5 Å². The third-order valence-corrected chi connectivity index (χ3v) is 11.2. The summed E-state index contributed by atoms with van der Waals surface area (Å²) in [5.74, 6) is 1.20. The molecule has 0 saturated carbocycles. The molecule has 3 aromatic heterocycles. The van der Waals surface area contributed by atoms with Gasteiger partial charge in [-0.3, -0.25) is 15.1 Å². The Hall–Kier alpha value is -3.45. The summed E-state index contributed by atoms with van der Waals surface area (Å²) in [5, 5.41) is 8.39. The Morgan fingerprint density at radius 1 is 1.08 bits per heavy atom. The van der Waals surface area contributed by atoms with Crippen LogP contribution in [-0.2, 0) is 18.2 Å². The molecule has 39 heavy (non-hydrogen) atoms.